The van der Waals surface area contributed by atoms with Gasteiger partial charge in [-0.2, -0.15) is 0 Å². The van der Waals surface area contributed by atoms with Crippen molar-refractivity contribution >= 4 is 39.1 Å². The Kier molecular flexibility index (Phi) is 11.6. The zero-order chi connectivity index (χ0) is 29.1. The first-order valence-corrected chi connectivity index (χ1v) is 15.7. The lowest BCUT2D eigenvalue weighted by atomic mass is 10.0. The molecule has 40 heavy (non-hydrogen) atoms. The van der Waals surface area contributed by atoms with Crippen molar-refractivity contribution in [2.24, 2.45) is 0 Å². The molecular formula is C31H38ClN3O4S. The van der Waals surface area contributed by atoms with E-state index in [2.05, 4.69) is 5.32 Å². The highest BCUT2D eigenvalue weighted by atomic mass is 35.5. The normalized spacial score (nSPS) is 12.0. The largest absolute Gasteiger partial charge is 0.354 e. The zero-order valence-corrected chi connectivity index (χ0v) is 24.9. The molecular weight excluding hydrogens is 546 g/mol. The van der Waals surface area contributed by atoms with E-state index < -0.39 is 16.1 Å². The standard InChI is InChI=1S/C31H38ClN3O4S/c1-4-20-33-31(37)29(22-25-9-6-5-7-10-25)34(23-26-14-12-24(2)13-15-26)30(36)11-8-21-35(40(3,38)39)28-18-16-27(32)17-19-28/h5-7,9-10,12-19,29H,4,8,11,20-23H2,1-3H3,(H,33,37)/t29-/m1/s1. The zero-order valence-electron chi connectivity index (χ0n) is 23.3. The SMILES string of the molecule is CCCNC(=O)[C@@H](Cc1ccccc1)N(Cc1ccc(C)cc1)C(=O)CCCN(c1ccc(Cl)cc1)S(C)(=O)=O. The molecule has 0 radical (unpaired) electrons. The molecule has 3 aromatic rings. The summed E-state index contributed by atoms with van der Waals surface area (Å²) in [5, 5.41) is 3.48. The number of anilines is 1. The average Bonchev–Trinajstić information content (AvgIpc) is 2.93. The second-order valence-corrected chi connectivity index (χ2v) is 12.3. The number of halogens is 1. The van der Waals surface area contributed by atoms with Crippen LogP contribution in [-0.2, 0) is 32.6 Å². The monoisotopic (exact) mass is 583 g/mol. The molecule has 3 rings (SSSR count). The molecule has 3 aromatic carbocycles. The highest BCUT2D eigenvalue weighted by Crippen LogP contribution is 2.22. The Balaban J connectivity index is 1.85. The van der Waals surface area contributed by atoms with Gasteiger partial charge in [0.25, 0.3) is 0 Å². The molecule has 0 unspecified atom stereocenters. The molecule has 0 aliphatic rings. The molecule has 9 heteroatoms. The maximum atomic E-state index is 13.8. The Bertz CT molecular complexity index is 1350. The van der Waals surface area contributed by atoms with Crippen molar-refractivity contribution in [2.45, 2.75) is 52.1 Å². The van der Waals surface area contributed by atoms with Crippen molar-refractivity contribution in [3.8, 4) is 0 Å². The summed E-state index contributed by atoms with van der Waals surface area (Å²) < 4.78 is 26.4. The van der Waals surface area contributed by atoms with Gasteiger partial charge in [-0.05, 0) is 55.2 Å². The Hall–Kier alpha value is -3.36. The van der Waals surface area contributed by atoms with Gasteiger partial charge in [0.05, 0.1) is 11.9 Å². The Labute approximate surface area is 243 Å². The third kappa shape index (κ3) is 9.38. The number of nitrogens with zero attached hydrogens (tertiary/aromatic N) is 2. The van der Waals surface area contributed by atoms with E-state index >= 15 is 0 Å². The summed E-state index contributed by atoms with van der Waals surface area (Å²) in [5.41, 5.74) is 3.45. The third-order valence-corrected chi connectivity index (χ3v) is 8.01. The number of carbonyl (C=O) groups excluding carboxylic acids is 2. The molecule has 0 bridgehead atoms. The van der Waals surface area contributed by atoms with Gasteiger partial charge < -0.3 is 10.2 Å². The van der Waals surface area contributed by atoms with Gasteiger partial charge in [0.15, 0.2) is 0 Å². The lowest BCUT2D eigenvalue weighted by Gasteiger charge is -2.32. The Morgan fingerprint density at radius 1 is 0.925 bits per heavy atom. The van der Waals surface area contributed by atoms with Crippen molar-refractivity contribution in [3.63, 3.8) is 0 Å². The van der Waals surface area contributed by atoms with Crippen molar-refractivity contribution in [1.29, 1.82) is 0 Å². The Morgan fingerprint density at radius 3 is 2.17 bits per heavy atom. The topological polar surface area (TPSA) is 86.8 Å². The van der Waals surface area contributed by atoms with Crippen molar-refractivity contribution in [2.75, 3.05) is 23.7 Å². The van der Waals surface area contributed by atoms with Crippen LogP contribution in [0.1, 0.15) is 42.9 Å². The molecule has 0 aliphatic heterocycles. The molecule has 2 amide bonds. The van der Waals surface area contributed by atoms with Crippen LogP contribution in [0.5, 0.6) is 0 Å². The quantitative estimate of drug-likeness (QED) is 0.277. The van der Waals surface area contributed by atoms with E-state index in [0.717, 1.165) is 29.4 Å². The number of amides is 2. The fourth-order valence-electron chi connectivity index (χ4n) is 4.42. The number of nitrogens with one attached hydrogen (secondary N) is 1. The second-order valence-electron chi connectivity index (χ2n) is 9.92. The van der Waals surface area contributed by atoms with E-state index in [4.69, 9.17) is 11.6 Å². The van der Waals surface area contributed by atoms with E-state index in [-0.39, 0.29) is 37.7 Å². The number of aryl methyl sites for hydroxylation is 1. The lowest BCUT2D eigenvalue weighted by molar-refractivity contribution is -0.141. The van der Waals surface area contributed by atoms with Crippen LogP contribution in [0.4, 0.5) is 5.69 Å². The third-order valence-electron chi connectivity index (χ3n) is 6.56. The van der Waals surface area contributed by atoms with Crippen LogP contribution >= 0.6 is 11.6 Å². The van der Waals surface area contributed by atoms with Crippen molar-refractivity contribution in [3.05, 3.63) is 101 Å². The predicted molar refractivity (Wildman–Crippen MR) is 162 cm³/mol. The first kappa shape index (κ1) is 31.2. The highest BCUT2D eigenvalue weighted by molar-refractivity contribution is 7.92. The number of hydrogen-bond donors (Lipinski definition) is 1. The van der Waals surface area contributed by atoms with E-state index in [1.807, 2.05) is 68.4 Å². The van der Waals surface area contributed by atoms with E-state index in [1.165, 1.54) is 4.31 Å². The van der Waals surface area contributed by atoms with Gasteiger partial charge >= 0.3 is 0 Å². The molecule has 0 fully saturated rings. The number of rotatable bonds is 14. The van der Waals surface area contributed by atoms with Gasteiger partial charge in [0.2, 0.25) is 21.8 Å². The average molecular weight is 584 g/mol. The van der Waals surface area contributed by atoms with Gasteiger partial charge in [0, 0.05) is 37.5 Å². The summed E-state index contributed by atoms with van der Waals surface area (Å²) in [4.78, 5) is 28.9. The number of hydrogen-bond acceptors (Lipinski definition) is 4. The second kappa shape index (κ2) is 14.9. The summed E-state index contributed by atoms with van der Waals surface area (Å²) in [7, 11) is -3.58. The van der Waals surface area contributed by atoms with Gasteiger partial charge in [-0.1, -0.05) is 78.7 Å². The molecule has 0 aliphatic carbocycles. The minimum Gasteiger partial charge on any atom is -0.354 e. The molecule has 0 spiro atoms. The molecule has 0 saturated carbocycles. The first-order valence-electron chi connectivity index (χ1n) is 13.5. The number of benzene rings is 3. The van der Waals surface area contributed by atoms with Crippen LogP contribution < -0.4 is 9.62 Å². The van der Waals surface area contributed by atoms with Crippen LogP contribution in [0.2, 0.25) is 5.02 Å². The maximum Gasteiger partial charge on any atom is 0.243 e. The summed E-state index contributed by atoms with van der Waals surface area (Å²) in [6, 6.07) is 23.4. The molecule has 0 aromatic heterocycles. The summed E-state index contributed by atoms with van der Waals surface area (Å²) in [6.45, 7) is 4.88. The van der Waals surface area contributed by atoms with Crippen molar-refractivity contribution in [1.82, 2.24) is 10.2 Å². The molecule has 0 saturated heterocycles. The molecule has 0 heterocycles. The van der Waals surface area contributed by atoms with Crippen LogP contribution in [0.25, 0.3) is 0 Å². The number of carbonyl (C=O) groups is 2. The summed E-state index contributed by atoms with van der Waals surface area (Å²) >= 11 is 5.98. The molecule has 1 N–H and O–H groups in total. The van der Waals surface area contributed by atoms with E-state index in [0.29, 0.717) is 23.7 Å². The number of sulfonamides is 1. The van der Waals surface area contributed by atoms with E-state index in [1.54, 1.807) is 29.2 Å². The van der Waals surface area contributed by atoms with Crippen LogP contribution in [0.15, 0.2) is 78.9 Å². The van der Waals surface area contributed by atoms with Crippen molar-refractivity contribution < 1.29 is 18.0 Å². The highest BCUT2D eigenvalue weighted by Gasteiger charge is 2.30. The van der Waals surface area contributed by atoms with Crippen LogP contribution in [0.3, 0.4) is 0 Å². The predicted octanol–water partition coefficient (Wildman–Crippen LogP) is 5.36. The van der Waals surface area contributed by atoms with Gasteiger partial charge in [0.1, 0.15) is 6.04 Å². The lowest BCUT2D eigenvalue weighted by Crippen LogP contribution is -2.50. The minimum atomic E-state index is -3.58. The van der Waals surface area contributed by atoms with Crippen LogP contribution in [0, 0.1) is 6.92 Å². The van der Waals surface area contributed by atoms with Gasteiger partial charge in [-0.3, -0.25) is 13.9 Å². The minimum absolute atomic E-state index is 0.0812. The summed E-state index contributed by atoms with van der Waals surface area (Å²) in [6.07, 6.45) is 2.66. The maximum absolute atomic E-state index is 13.8. The molecule has 214 valence electrons. The summed E-state index contributed by atoms with van der Waals surface area (Å²) in [5.74, 6) is -0.414. The van der Waals surface area contributed by atoms with Gasteiger partial charge in [-0.25, -0.2) is 8.42 Å². The first-order chi connectivity index (χ1) is 19.1. The van der Waals surface area contributed by atoms with Crippen LogP contribution in [-0.4, -0.2) is 50.5 Å². The fraction of sp³-hybridized carbons (Fsp3) is 0.355. The Morgan fingerprint density at radius 2 is 1.57 bits per heavy atom. The fourth-order valence-corrected chi connectivity index (χ4v) is 5.51. The molecule has 7 nitrogen and oxygen atoms in total. The molecule has 1 atom stereocenters. The van der Waals surface area contributed by atoms with Gasteiger partial charge in [-0.15, -0.1) is 0 Å². The van der Waals surface area contributed by atoms with E-state index in [9.17, 15) is 18.0 Å². The smallest absolute Gasteiger partial charge is 0.243 e.